The molecule has 2 amide bonds. The van der Waals surface area contributed by atoms with Crippen molar-refractivity contribution in [3.8, 4) is 5.75 Å². The maximum Gasteiger partial charge on any atom is 0.335 e. The third-order valence-electron chi connectivity index (χ3n) is 5.10. The van der Waals surface area contributed by atoms with Crippen LogP contribution in [0, 0.1) is 5.82 Å². The molecule has 7 nitrogen and oxygen atoms in total. The second kappa shape index (κ2) is 10.7. The summed E-state index contributed by atoms with van der Waals surface area (Å²) in [6, 6.07) is 14.8. The van der Waals surface area contributed by atoms with E-state index in [0.29, 0.717) is 25.9 Å². The molecular weight excluding hydrogens is 619 g/mol. The Morgan fingerprint density at radius 1 is 1.06 bits per heavy atom. The highest BCUT2D eigenvalue weighted by atomic mass is 79.9. The fourth-order valence-electron chi connectivity index (χ4n) is 3.35. The minimum absolute atomic E-state index is 0.101. The van der Waals surface area contributed by atoms with Crippen LogP contribution in [0.15, 0.2) is 75.2 Å². The summed E-state index contributed by atoms with van der Waals surface area (Å²) < 4.78 is 20.3. The number of anilines is 1. The number of halogens is 3. The maximum absolute atomic E-state index is 13.3. The van der Waals surface area contributed by atoms with E-state index in [1.54, 1.807) is 24.3 Å². The smallest absolute Gasteiger partial charge is 0.335 e. The molecule has 0 radical (unpaired) electrons. The maximum atomic E-state index is 13.3. The molecule has 0 saturated carbocycles. The number of hydrogen-bond acceptors (Lipinski definition) is 5. The van der Waals surface area contributed by atoms with Gasteiger partial charge in [-0.1, -0.05) is 12.1 Å². The minimum atomic E-state index is -1.01. The third kappa shape index (κ3) is 5.53. The molecule has 2 N–H and O–H groups in total. The number of carboxylic acids is 1. The average Bonchev–Trinajstić information content (AvgIpc) is 2.82. The lowest BCUT2D eigenvalue weighted by atomic mass is 10.1. The number of carbonyl (C=O) groups is 3. The summed E-state index contributed by atoms with van der Waals surface area (Å²) in [5.41, 5.74) is 1.64. The minimum Gasteiger partial charge on any atom is -0.487 e. The van der Waals surface area contributed by atoms with Crippen molar-refractivity contribution in [2.24, 2.45) is 0 Å². The first-order chi connectivity index (χ1) is 17.1. The molecule has 36 heavy (non-hydrogen) atoms. The van der Waals surface area contributed by atoms with Gasteiger partial charge in [-0.2, -0.15) is 0 Å². The zero-order valence-electron chi connectivity index (χ0n) is 18.1. The number of carboxylic acid groups (broad SMARTS) is 1. The second-order valence-electron chi connectivity index (χ2n) is 7.54. The zero-order chi connectivity index (χ0) is 26.0. The predicted molar refractivity (Wildman–Crippen MR) is 142 cm³/mol. The summed E-state index contributed by atoms with van der Waals surface area (Å²) in [6.45, 7) is 0.183. The highest BCUT2D eigenvalue weighted by molar-refractivity contribution is 9.11. The summed E-state index contributed by atoms with van der Waals surface area (Å²) in [7, 11) is 0. The van der Waals surface area contributed by atoms with Crippen molar-refractivity contribution >= 4 is 78.7 Å². The normalized spacial score (nSPS) is 14.7. The predicted octanol–water partition coefficient (Wildman–Crippen LogP) is 5.46. The lowest BCUT2D eigenvalue weighted by molar-refractivity contribution is -0.122. The van der Waals surface area contributed by atoms with Crippen molar-refractivity contribution in [2.75, 3.05) is 4.90 Å². The second-order valence-corrected chi connectivity index (χ2v) is 9.63. The summed E-state index contributed by atoms with van der Waals surface area (Å²) in [6.07, 6.45) is 1.42. The van der Waals surface area contributed by atoms with Gasteiger partial charge in [0.2, 0.25) is 0 Å². The lowest BCUT2D eigenvalue weighted by Gasteiger charge is -2.28. The summed E-state index contributed by atoms with van der Waals surface area (Å²) in [5.74, 6) is -2.30. The average molecular weight is 634 g/mol. The Bertz CT molecular complexity index is 1400. The monoisotopic (exact) mass is 632 g/mol. The van der Waals surface area contributed by atoms with E-state index in [9.17, 15) is 18.8 Å². The highest BCUT2D eigenvalue weighted by Crippen LogP contribution is 2.36. The van der Waals surface area contributed by atoms with Crippen LogP contribution in [0.5, 0.6) is 5.75 Å². The number of hydrogen-bond donors (Lipinski definition) is 2. The van der Waals surface area contributed by atoms with Gasteiger partial charge in [-0.05, 0) is 110 Å². The fraction of sp³-hybridized carbons (Fsp3) is 0.0400. The third-order valence-corrected chi connectivity index (χ3v) is 6.56. The number of nitrogens with zero attached hydrogens (tertiary/aromatic N) is 1. The Morgan fingerprint density at radius 2 is 1.67 bits per heavy atom. The van der Waals surface area contributed by atoms with E-state index >= 15 is 0 Å². The van der Waals surface area contributed by atoms with E-state index < -0.39 is 23.6 Å². The molecule has 0 unspecified atom stereocenters. The molecule has 1 aliphatic rings. The summed E-state index contributed by atoms with van der Waals surface area (Å²) in [4.78, 5) is 37.8. The van der Waals surface area contributed by atoms with E-state index in [1.807, 2.05) is 0 Å². The van der Waals surface area contributed by atoms with E-state index in [-0.39, 0.29) is 22.9 Å². The molecule has 182 valence electrons. The first kappa shape index (κ1) is 25.7. The molecule has 3 aromatic rings. The lowest BCUT2D eigenvalue weighted by Crippen LogP contribution is -2.54. The number of carbonyl (C=O) groups excluding carboxylic acids is 2. The van der Waals surface area contributed by atoms with E-state index in [4.69, 9.17) is 22.1 Å². The van der Waals surface area contributed by atoms with Crippen LogP contribution in [0.4, 0.5) is 10.1 Å². The fourth-order valence-corrected chi connectivity index (χ4v) is 5.08. The number of amides is 2. The van der Waals surface area contributed by atoms with Crippen LogP contribution >= 0.6 is 44.1 Å². The van der Waals surface area contributed by atoms with Crippen LogP contribution in [-0.2, 0) is 16.2 Å². The standard InChI is InChI=1S/C25H15Br2FN2O5S/c26-19-10-14(11-20(27)21(19)35-12-13-1-3-15(4-2-13)24(33)34)9-18-22(31)29-25(36)30(23(18)32)17-7-5-16(28)6-8-17/h1-11H,12H2,(H,33,34)(H,29,31,36)/b18-9+. The molecule has 11 heteroatoms. The first-order valence-corrected chi connectivity index (χ1v) is 12.2. The largest absolute Gasteiger partial charge is 0.487 e. The molecule has 0 atom stereocenters. The molecular formula is C25H15Br2FN2O5S. The Hall–Kier alpha value is -3.41. The molecule has 1 saturated heterocycles. The number of aromatic carboxylic acids is 1. The van der Waals surface area contributed by atoms with Gasteiger partial charge in [0.25, 0.3) is 11.8 Å². The Balaban J connectivity index is 1.57. The van der Waals surface area contributed by atoms with Crippen LogP contribution < -0.4 is 15.0 Å². The van der Waals surface area contributed by atoms with Crippen LogP contribution in [-0.4, -0.2) is 28.0 Å². The van der Waals surface area contributed by atoms with Gasteiger partial charge in [0.1, 0.15) is 23.7 Å². The number of thiocarbonyl (C=S) groups is 1. The van der Waals surface area contributed by atoms with Crippen LogP contribution in [0.3, 0.4) is 0 Å². The Kier molecular flexibility index (Phi) is 7.62. The number of nitrogens with one attached hydrogen (secondary N) is 1. The van der Waals surface area contributed by atoms with Gasteiger partial charge < -0.3 is 9.84 Å². The van der Waals surface area contributed by atoms with Crippen LogP contribution in [0.25, 0.3) is 6.08 Å². The van der Waals surface area contributed by atoms with Crippen LogP contribution in [0.2, 0.25) is 0 Å². The van der Waals surface area contributed by atoms with E-state index in [0.717, 1.165) is 10.5 Å². The number of rotatable bonds is 6. The molecule has 0 aromatic heterocycles. The summed E-state index contributed by atoms with van der Waals surface area (Å²) in [5, 5.41) is 11.4. The molecule has 3 aromatic carbocycles. The molecule has 1 fully saturated rings. The molecule has 0 aliphatic carbocycles. The molecule has 1 aliphatic heterocycles. The van der Waals surface area contributed by atoms with E-state index in [1.165, 1.54) is 42.5 Å². The zero-order valence-corrected chi connectivity index (χ0v) is 22.1. The van der Waals surface area contributed by atoms with Gasteiger partial charge in [-0.25, -0.2) is 9.18 Å². The first-order valence-electron chi connectivity index (χ1n) is 10.2. The van der Waals surface area contributed by atoms with Crippen molar-refractivity contribution in [3.05, 3.63) is 97.7 Å². The van der Waals surface area contributed by atoms with Gasteiger partial charge in [-0.15, -0.1) is 0 Å². The van der Waals surface area contributed by atoms with E-state index in [2.05, 4.69) is 37.2 Å². The summed E-state index contributed by atoms with van der Waals surface area (Å²) >= 11 is 12.0. The SMILES string of the molecule is O=C1NC(=S)N(c2ccc(F)cc2)C(=O)/C1=C/c1cc(Br)c(OCc2ccc(C(=O)O)cc2)c(Br)c1. The van der Waals surface area contributed by atoms with Gasteiger partial charge >= 0.3 is 5.97 Å². The van der Waals surface area contributed by atoms with Crippen molar-refractivity contribution < 1.29 is 28.6 Å². The molecule has 1 heterocycles. The van der Waals surface area contributed by atoms with Crippen molar-refractivity contribution in [1.29, 1.82) is 0 Å². The van der Waals surface area contributed by atoms with Crippen molar-refractivity contribution in [2.45, 2.75) is 6.61 Å². The van der Waals surface area contributed by atoms with Crippen molar-refractivity contribution in [3.63, 3.8) is 0 Å². The van der Waals surface area contributed by atoms with Gasteiger partial charge in [-0.3, -0.25) is 19.8 Å². The van der Waals surface area contributed by atoms with Crippen molar-refractivity contribution in [1.82, 2.24) is 5.32 Å². The molecule has 0 spiro atoms. The van der Waals surface area contributed by atoms with Gasteiger partial charge in [0.15, 0.2) is 5.11 Å². The number of ether oxygens (including phenoxy) is 1. The topological polar surface area (TPSA) is 95.9 Å². The molecule has 4 rings (SSSR count). The Labute approximate surface area is 226 Å². The van der Waals surface area contributed by atoms with Crippen LogP contribution in [0.1, 0.15) is 21.5 Å². The number of benzene rings is 3. The highest BCUT2D eigenvalue weighted by Gasteiger charge is 2.34. The molecule has 0 bridgehead atoms. The quantitative estimate of drug-likeness (QED) is 0.213. The Morgan fingerprint density at radius 3 is 2.25 bits per heavy atom. The van der Waals surface area contributed by atoms with Gasteiger partial charge in [0.05, 0.1) is 20.2 Å². The van der Waals surface area contributed by atoms with Gasteiger partial charge in [0, 0.05) is 0 Å².